The molecule has 2 unspecified atom stereocenters. The van der Waals surface area contributed by atoms with Crippen LogP contribution in [0.5, 0.6) is 0 Å². The molecule has 0 bridgehead atoms. The van der Waals surface area contributed by atoms with Crippen LogP contribution in [0, 0.1) is 0 Å². The lowest BCUT2D eigenvalue weighted by Gasteiger charge is -2.36. The molecule has 28 heavy (non-hydrogen) atoms. The lowest BCUT2D eigenvalue weighted by Crippen LogP contribution is -2.60. The van der Waals surface area contributed by atoms with Gasteiger partial charge in [-0.05, 0) is 19.3 Å². The average Bonchev–Trinajstić information content (AvgIpc) is 3.05. The van der Waals surface area contributed by atoms with E-state index in [1.165, 1.54) is 64.2 Å². The first-order valence-corrected chi connectivity index (χ1v) is 11.2. The van der Waals surface area contributed by atoms with Gasteiger partial charge in [-0.3, -0.25) is 5.73 Å². The molecule has 0 aromatic rings. The summed E-state index contributed by atoms with van der Waals surface area (Å²) in [7, 11) is 0. The van der Waals surface area contributed by atoms with E-state index in [4.69, 9.17) is 5.73 Å². The molecule has 5 nitrogen and oxygen atoms in total. The summed E-state index contributed by atoms with van der Waals surface area (Å²) in [4.78, 5) is 15.5. The molecule has 0 aromatic heterocycles. The summed E-state index contributed by atoms with van der Waals surface area (Å²) < 4.78 is 0.107. The maximum atomic E-state index is 11.1. The van der Waals surface area contributed by atoms with Crippen molar-refractivity contribution in [2.24, 2.45) is 10.7 Å². The van der Waals surface area contributed by atoms with Crippen LogP contribution in [-0.4, -0.2) is 29.0 Å². The third kappa shape index (κ3) is 9.16. The highest BCUT2D eigenvalue weighted by molar-refractivity contribution is 5.81. The van der Waals surface area contributed by atoms with Gasteiger partial charge in [0.25, 0.3) is 0 Å². The number of carboxylic acids is 1. The van der Waals surface area contributed by atoms with E-state index in [1.807, 2.05) is 13.0 Å². The van der Waals surface area contributed by atoms with Gasteiger partial charge >= 0.3 is 0 Å². The molecule has 1 aliphatic heterocycles. The number of rotatable bonds is 18. The van der Waals surface area contributed by atoms with Gasteiger partial charge in [0, 0.05) is 13.3 Å². The van der Waals surface area contributed by atoms with E-state index >= 15 is 0 Å². The number of nitrogens with zero attached hydrogens (tertiary/aromatic N) is 2. The highest BCUT2D eigenvalue weighted by Crippen LogP contribution is 2.23. The quantitative estimate of drug-likeness (QED) is 0.214. The molecule has 0 radical (unpaired) electrons. The van der Waals surface area contributed by atoms with E-state index in [-0.39, 0.29) is 17.2 Å². The van der Waals surface area contributed by atoms with Crippen molar-refractivity contribution < 1.29 is 14.4 Å². The van der Waals surface area contributed by atoms with Crippen LogP contribution in [0.2, 0.25) is 0 Å². The first-order chi connectivity index (χ1) is 13.5. The third-order valence-corrected chi connectivity index (χ3v) is 5.71. The number of aliphatic carboxylic acids is 1. The second-order valence-electron chi connectivity index (χ2n) is 8.11. The van der Waals surface area contributed by atoms with E-state index in [9.17, 15) is 9.90 Å². The summed E-state index contributed by atoms with van der Waals surface area (Å²) in [6.45, 7) is 5.45. The fraction of sp³-hybridized carbons (Fsp3) is 0.739. The van der Waals surface area contributed by atoms with Crippen molar-refractivity contribution in [2.75, 3.05) is 6.54 Å². The molecule has 1 rings (SSSR count). The van der Waals surface area contributed by atoms with Gasteiger partial charge in [-0.2, -0.15) is 0 Å². The Bertz CT molecular complexity index is 514. The number of carboxylic acid groups (broad SMARTS) is 1. The lowest BCUT2D eigenvalue weighted by molar-refractivity contribution is -0.808. The van der Waals surface area contributed by atoms with Crippen molar-refractivity contribution >= 4 is 11.8 Å². The Kier molecular flexibility index (Phi) is 12.8. The summed E-state index contributed by atoms with van der Waals surface area (Å²) in [5, 5.41) is 11.1. The van der Waals surface area contributed by atoms with Crippen LogP contribution in [0.25, 0.3) is 0 Å². The summed E-state index contributed by atoms with van der Waals surface area (Å²) in [5.74, 6) is -0.236. The van der Waals surface area contributed by atoms with Crippen molar-refractivity contribution in [2.45, 2.75) is 103 Å². The summed E-state index contributed by atoms with van der Waals surface area (Å²) in [6, 6.07) is 0. The molecule has 0 saturated heterocycles. The Labute approximate surface area is 172 Å². The number of nitrogens with two attached hydrogens (primary N) is 1. The molecule has 0 aliphatic carbocycles. The molecule has 0 spiro atoms. The van der Waals surface area contributed by atoms with Gasteiger partial charge in [-0.25, -0.2) is 9.48 Å². The van der Waals surface area contributed by atoms with Crippen molar-refractivity contribution in [3.8, 4) is 0 Å². The molecule has 0 saturated carbocycles. The molecule has 0 fully saturated rings. The van der Waals surface area contributed by atoms with E-state index in [0.29, 0.717) is 0 Å². The molecule has 160 valence electrons. The largest absolute Gasteiger partial charge is 0.544 e. The number of amidine groups is 1. The second-order valence-corrected chi connectivity index (χ2v) is 8.11. The van der Waals surface area contributed by atoms with Crippen LogP contribution < -0.4 is 10.8 Å². The van der Waals surface area contributed by atoms with E-state index in [2.05, 4.69) is 11.6 Å². The number of hydrogen-bond donors (Lipinski definition) is 1. The van der Waals surface area contributed by atoms with Gasteiger partial charge in [0.15, 0.2) is 0 Å². The number of carbonyl (C=O) groups is 1. The Morgan fingerprint density at radius 1 is 1.07 bits per heavy atom. The Balaban J connectivity index is 2.04. The van der Waals surface area contributed by atoms with E-state index < -0.39 is 5.97 Å². The summed E-state index contributed by atoms with van der Waals surface area (Å²) >= 11 is 0. The van der Waals surface area contributed by atoms with Gasteiger partial charge in [-0.15, -0.1) is 6.58 Å². The Hall–Kier alpha value is -1.46. The number of aliphatic imine (C=N–C) groups is 1. The predicted molar refractivity (Wildman–Crippen MR) is 115 cm³/mol. The zero-order valence-corrected chi connectivity index (χ0v) is 17.9. The first-order valence-electron chi connectivity index (χ1n) is 11.2. The molecule has 1 heterocycles. The fourth-order valence-electron chi connectivity index (χ4n) is 3.92. The van der Waals surface area contributed by atoms with Crippen LogP contribution in [0.1, 0.15) is 96.8 Å². The topological polar surface area (TPSA) is 78.5 Å². The Morgan fingerprint density at radius 2 is 1.57 bits per heavy atom. The van der Waals surface area contributed by atoms with Crippen molar-refractivity contribution in [1.29, 1.82) is 0 Å². The average molecular weight is 392 g/mol. The molecular formula is C23H41N3O2. The van der Waals surface area contributed by atoms with Crippen molar-refractivity contribution in [1.82, 2.24) is 0 Å². The predicted octanol–water partition coefficient (Wildman–Crippen LogP) is 4.39. The molecule has 1 aliphatic rings. The lowest BCUT2D eigenvalue weighted by atomic mass is 10.0. The van der Waals surface area contributed by atoms with Crippen LogP contribution in [0.4, 0.5) is 0 Å². The van der Waals surface area contributed by atoms with E-state index in [0.717, 1.165) is 31.5 Å². The standard InChI is InChI=1S/C23H41N3O2/c1-3-4-5-6-7-8-9-10-11-12-13-14-15-16-17-22-25-18-19-26(22,21(2)24)20-23(27)28/h3,18-19,21H,1,4-17,20,24H2,2H3. The summed E-state index contributed by atoms with van der Waals surface area (Å²) in [5.41, 5.74) is 6.07. The number of carbonyl (C=O) groups excluding carboxylic acids is 1. The highest BCUT2D eigenvalue weighted by atomic mass is 16.4. The molecule has 0 amide bonds. The molecule has 2 atom stereocenters. The molecular weight excluding hydrogens is 350 g/mol. The minimum Gasteiger partial charge on any atom is -0.544 e. The second kappa shape index (κ2) is 14.5. The Morgan fingerprint density at radius 3 is 2.04 bits per heavy atom. The molecule has 0 aromatic carbocycles. The van der Waals surface area contributed by atoms with Crippen LogP contribution in [0.15, 0.2) is 30.0 Å². The zero-order chi connectivity index (χ0) is 20.7. The first kappa shape index (κ1) is 24.6. The van der Waals surface area contributed by atoms with Gasteiger partial charge < -0.3 is 9.90 Å². The minimum atomic E-state index is -1.09. The number of quaternary nitrogens is 1. The molecule has 5 heteroatoms. The third-order valence-electron chi connectivity index (χ3n) is 5.71. The van der Waals surface area contributed by atoms with Crippen LogP contribution in [-0.2, 0) is 4.79 Å². The minimum absolute atomic E-state index is 0.107. The van der Waals surface area contributed by atoms with E-state index in [1.54, 1.807) is 12.4 Å². The van der Waals surface area contributed by atoms with Gasteiger partial charge in [0.1, 0.15) is 18.9 Å². The smallest absolute Gasteiger partial charge is 0.209 e. The van der Waals surface area contributed by atoms with Gasteiger partial charge in [-0.1, -0.05) is 70.3 Å². The maximum absolute atomic E-state index is 11.1. The SMILES string of the molecule is C=CCCCCCCCCCCCCCCC1=NC=C[N+]1(CC(=O)[O-])C(C)N. The van der Waals surface area contributed by atoms with Gasteiger partial charge in [0.2, 0.25) is 5.84 Å². The maximum Gasteiger partial charge on any atom is 0.209 e. The van der Waals surface area contributed by atoms with Gasteiger partial charge in [0.05, 0.1) is 12.2 Å². The highest BCUT2D eigenvalue weighted by Gasteiger charge is 2.38. The van der Waals surface area contributed by atoms with Crippen molar-refractivity contribution in [3.63, 3.8) is 0 Å². The molecule has 2 N–H and O–H groups in total. The normalized spacial score (nSPS) is 19.6. The number of hydrogen-bond acceptors (Lipinski definition) is 4. The monoisotopic (exact) mass is 391 g/mol. The van der Waals surface area contributed by atoms with Crippen LogP contribution in [0.3, 0.4) is 0 Å². The van der Waals surface area contributed by atoms with Crippen LogP contribution >= 0.6 is 0 Å². The van der Waals surface area contributed by atoms with Crippen molar-refractivity contribution in [3.05, 3.63) is 25.1 Å². The zero-order valence-electron chi connectivity index (χ0n) is 17.9. The number of unbranched alkanes of at least 4 members (excludes halogenated alkanes) is 12. The number of allylic oxidation sites excluding steroid dienone is 1. The summed E-state index contributed by atoms with van der Waals surface area (Å²) in [6.07, 6.45) is 22.6. The fourth-order valence-corrected chi connectivity index (χ4v) is 3.92.